The predicted octanol–water partition coefficient (Wildman–Crippen LogP) is 0.137. The predicted molar refractivity (Wildman–Crippen MR) is 58.6 cm³/mol. The lowest BCUT2D eigenvalue weighted by molar-refractivity contribution is -0.141. The maximum Gasteiger partial charge on any atom is 0.326 e. The van der Waals surface area contributed by atoms with Crippen LogP contribution in [0.3, 0.4) is 0 Å². The van der Waals surface area contributed by atoms with Crippen molar-refractivity contribution in [3.05, 3.63) is 11.7 Å². The molecule has 1 aromatic heterocycles. The van der Waals surface area contributed by atoms with Crippen LogP contribution in [0, 0.1) is 6.92 Å². The molecular weight excluding hydrogens is 240 g/mol. The molecule has 1 saturated heterocycles. The molecule has 0 aromatic carbocycles. The summed E-state index contributed by atoms with van der Waals surface area (Å²) >= 11 is 0. The van der Waals surface area contributed by atoms with E-state index >= 15 is 0 Å². The van der Waals surface area contributed by atoms with Gasteiger partial charge in [-0.1, -0.05) is 5.16 Å². The summed E-state index contributed by atoms with van der Waals surface area (Å²) in [4.78, 5) is 28.0. The van der Waals surface area contributed by atoms with E-state index in [9.17, 15) is 9.59 Å². The number of hydrogen-bond donors (Lipinski definition) is 2. The molecule has 1 fully saturated rings. The maximum atomic E-state index is 11.8. The van der Waals surface area contributed by atoms with Gasteiger partial charge in [-0.25, -0.2) is 9.59 Å². The number of aromatic nitrogens is 2. The van der Waals surface area contributed by atoms with Crippen LogP contribution in [0.1, 0.15) is 24.6 Å². The maximum absolute atomic E-state index is 11.8. The van der Waals surface area contributed by atoms with Gasteiger partial charge >= 0.3 is 12.0 Å². The van der Waals surface area contributed by atoms with Gasteiger partial charge in [0, 0.05) is 13.5 Å². The van der Waals surface area contributed by atoms with E-state index in [-0.39, 0.29) is 6.54 Å². The van der Waals surface area contributed by atoms with E-state index in [1.807, 2.05) is 0 Å². The van der Waals surface area contributed by atoms with Gasteiger partial charge in [0.2, 0.25) is 5.89 Å². The van der Waals surface area contributed by atoms with Gasteiger partial charge in [-0.15, -0.1) is 0 Å². The van der Waals surface area contributed by atoms with Crippen molar-refractivity contribution in [2.45, 2.75) is 32.4 Å². The van der Waals surface area contributed by atoms with Crippen molar-refractivity contribution in [1.29, 1.82) is 0 Å². The number of nitrogens with one attached hydrogen (secondary N) is 1. The van der Waals surface area contributed by atoms with Gasteiger partial charge < -0.3 is 19.8 Å². The van der Waals surface area contributed by atoms with E-state index in [1.165, 1.54) is 4.90 Å². The summed E-state index contributed by atoms with van der Waals surface area (Å²) in [6, 6.07) is -1.15. The van der Waals surface area contributed by atoms with Gasteiger partial charge in [0.05, 0.1) is 6.54 Å². The molecule has 0 radical (unpaired) electrons. The quantitative estimate of drug-likeness (QED) is 0.794. The zero-order valence-corrected chi connectivity index (χ0v) is 9.92. The molecule has 0 spiro atoms. The highest BCUT2D eigenvalue weighted by Crippen LogP contribution is 2.17. The topological polar surface area (TPSA) is 109 Å². The highest BCUT2D eigenvalue weighted by atomic mass is 16.5. The molecule has 18 heavy (non-hydrogen) atoms. The van der Waals surface area contributed by atoms with Gasteiger partial charge in [0.25, 0.3) is 0 Å². The molecule has 1 unspecified atom stereocenters. The molecule has 1 aliphatic rings. The molecule has 1 aromatic rings. The highest BCUT2D eigenvalue weighted by Gasteiger charge is 2.33. The lowest BCUT2D eigenvalue weighted by Crippen LogP contribution is -2.45. The number of carbonyl (C=O) groups is 2. The Morgan fingerprint density at radius 2 is 2.39 bits per heavy atom. The van der Waals surface area contributed by atoms with Crippen molar-refractivity contribution in [3.8, 4) is 0 Å². The average molecular weight is 254 g/mol. The van der Waals surface area contributed by atoms with Crippen LogP contribution in [0.4, 0.5) is 4.79 Å². The zero-order valence-electron chi connectivity index (χ0n) is 9.92. The molecule has 0 aliphatic carbocycles. The van der Waals surface area contributed by atoms with Crippen LogP contribution >= 0.6 is 0 Å². The van der Waals surface area contributed by atoms with Gasteiger partial charge in [-0.3, -0.25) is 0 Å². The molecule has 1 atom stereocenters. The Hall–Kier alpha value is -2.12. The first-order valence-electron chi connectivity index (χ1n) is 5.64. The third kappa shape index (κ3) is 2.58. The van der Waals surface area contributed by atoms with Crippen molar-refractivity contribution < 1.29 is 19.2 Å². The molecule has 98 valence electrons. The van der Waals surface area contributed by atoms with Crippen molar-refractivity contribution in [1.82, 2.24) is 20.4 Å². The van der Waals surface area contributed by atoms with E-state index in [2.05, 4.69) is 15.5 Å². The third-order valence-corrected chi connectivity index (χ3v) is 2.77. The van der Waals surface area contributed by atoms with Crippen LogP contribution < -0.4 is 5.32 Å². The summed E-state index contributed by atoms with van der Waals surface area (Å²) in [6.07, 6.45) is 1.19. The second-order valence-electron chi connectivity index (χ2n) is 4.08. The van der Waals surface area contributed by atoms with Crippen LogP contribution in [-0.4, -0.2) is 44.7 Å². The Balaban J connectivity index is 1.89. The number of rotatable bonds is 3. The lowest BCUT2D eigenvalue weighted by atomic mass is 10.2. The number of urea groups is 1. The number of aliphatic carboxylic acids is 1. The largest absolute Gasteiger partial charge is 0.480 e. The second-order valence-corrected chi connectivity index (χ2v) is 4.08. The van der Waals surface area contributed by atoms with Crippen molar-refractivity contribution in [2.75, 3.05) is 6.54 Å². The SMILES string of the molecule is Cc1nc(CNC(=O)N2CCCC2C(=O)O)no1. The smallest absolute Gasteiger partial charge is 0.326 e. The molecular formula is C10H14N4O4. The van der Waals surface area contributed by atoms with E-state index in [0.717, 1.165) is 0 Å². The molecule has 2 amide bonds. The Morgan fingerprint density at radius 3 is 3.00 bits per heavy atom. The molecule has 8 heteroatoms. The average Bonchev–Trinajstić information content (AvgIpc) is 2.94. The van der Waals surface area contributed by atoms with Crippen LogP contribution in [0.5, 0.6) is 0 Å². The number of carboxylic acid groups (broad SMARTS) is 1. The number of likely N-dealkylation sites (tertiary alicyclic amines) is 1. The molecule has 2 heterocycles. The van der Waals surface area contributed by atoms with Crippen LogP contribution in [0.15, 0.2) is 4.52 Å². The first-order chi connectivity index (χ1) is 8.58. The van der Waals surface area contributed by atoms with Crippen LogP contribution in [0.2, 0.25) is 0 Å². The minimum Gasteiger partial charge on any atom is -0.480 e. The van der Waals surface area contributed by atoms with Gasteiger partial charge in [0.15, 0.2) is 5.82 Å². The summed E-state index contributed by atoms with van der Waals surface area (Å²) in [7, 11) is 0. The van der Waals surface area contributed by atoms with Gasteiger partial charge in [0.1, 0.15) is 6.04 Å². The highest BCUT2D eigenvalue weighted by molar-refractivity contribution is 5.83. The third-order valence-electron chi connectivity index (χ3n) is 2.77. The number of amides is 2. The van der Waals surface area contributed by atoms with Crippen molar-refractivity contribution in [3.63, 3.8) is 0 Å². The standard InChI is InChI=1S/C10H14N4O4/c1-6-12-8(13-18-6)5-11-10(17)14-4-2-3-7(14)9(15)16/h7H,2-5H2,1H3,(H,11,17)(H,15,16). The lowest BCUT2D eigenvalue weighted by Gasteiger charge is -2.21. The fourth-order valence-electron chi connectivity index (χ4n) is 1.94. The van der Waals surface area contributed by atoms with E-state index < -0.39 is 18.0 Å². The Kier molecular flexibility index (Phi) is 3.45. The minimum atomic E-state index is -0.974. The summed E-state index contributed by atoms with van der Waals surface area (Å²) in [5.41, 5.74) is 0. The number of carboxylic acids is 1. The van der Waals surface area contributed by atoms with Gasteiger partial charge in [-0.2, -0.15) is 4.98 Å². The van der Waals surface area contributed by atoms with Crippen molar-refractivity contribution >= 4 is 12.0 Å². The van der Waals surface area contributed by atoms with Crippen LogP contribution in [0.25, 0.3) is 0 Å². The summed E-state index contributed by atoms with van der Waals surface area (Å²) < 4.78 is 4.76. The molecule has 0 saturated carbocycles. The summed E-state index contributed by atoms with van der Waals surface area (Å²) in [6.45, 7) is 2.23. The Morgan fingerprint density at radius 1 is 1.61 bits per heavy atom. The Labute approximate surface area is 103 Å². The van der Waals surface area contributed by atoms with E-state index in [0.29, 0.717) is 31.1 Å². The number of carbonyl (C=O) groups excluding carboxylic acids is 1. The molecule has 8 nitrogen and oxygen atoms in total. The number of nitrogens with zero attached hydrogens (tertiary/aromatic N) is 3. The first kappa shape index (κ1) is 12.3. The molecule has 2 rings (SSSR count). The normalized spacial score (nSPS) is 18.9. The van der Waals surface area contributed by atoms with Crippen LogP contribution in [-0.2, 0) is 11.3 Å². The number of hydrogen-bond acceptors (Lipinski definition) is 5. The monoisotopic (exact) mass is 254 g/mol. The minimum absolute atomic E-state index is 0.124. The fraction of sp³-hybridized carbons (Fsp3) is 0.600. The first-order valence-corrected chi connectivity index (χ1v) is 5.64. The van der Waals surface area contributed by atoms with E-state index in [4.69, 9.17) is 9.63 Å². The number of aryl methyl sites for hydroxylation is 1. The van der Waals surface area contributed by atoms with E-state index in [1.54, 1.807) is 6.92 Å². The Bertz CT molecular complexity index is 458. The van der Waals surface area contributed by atoms with Gasteiger partial charge in [-0.05, 0) is 12.8 Å². The summed E-state index contributed by atoms with van der Waals surface area (Å²) in [5.74, 6) is -0.186. The zero-order chi connectivity index (χ0) is 13.1. The molecule has 0 bridgehead atoms. The molecule has 1 aliphatic heterocycles. The van der Waals surface area contributed by atoms with Crippen molar-refractivity contribution in [2.24, 2.45) is 0 Å². The fourth-order valence-corrected chi connectivity index (χ4v) is 1.94. The summed E-state index contributed by atoms with van der Waals surface area (Å²) in [5, 5.41) is 15.2. The second kappa shape index (κ2) is 5.03. The molecule has 2 N–H and O–H groups in total.